The molecule has 0 aliphatic rings. The first-order valence-electron chi connectivity index (χ1n) is 9.09. The first kappa shape index (κ1) is 22.5. The van der Waals surface area contributed by atoms with E-state index in [-0.39, 0.29) is 4.90 Å². The van der Waals surface area contributed by atoms with Crippen LogP contribution in [0.2, 0.25) is 0 Å². The van der Waals surface area contributed by atoms with E-state index < -0.39 is 50.7 Å². The van der Waals surface area contributed by atoms with Gasteiger partial charge in [0.2, 0.25) is 0 Å². The third-order valence-corrected chi connectivity index (χ3v) is 6.73. The van der Waals surface area contributed by atoms with E-state index in [9.17, 15) is 30.8 Å². The van der Waals surface area contributed by atoms with Gasteiger partial charge in [0.1, 0.15) is 11.1 Å². The van der Waals surface area contributed by atoms with Gasteiger partial charge in [-0.05, 0) is 42.0 Å². The molecule has 0 bridgehead atoms. The molecule has 0 aromatic heterocycles. The molecule has 0 spiro atoms. The average Bonchev–Trinajstić information content (AvgIpc) is 2.74. The molecule has 1 unspecified atom stereocenters. The fourth-order valence-electron chi connectivity index (χ4n) is 3.07. The number of amides is 1. The van der Waals surface area contributed by atoms with E-state index in [0.717, 1.165) is 42.5 Å². The van der Waals surface area contributed by atoms with Gasteiger partial charge in [-0.3, -0.25) is 4.79 Å². The van der Waals surface area contributed by atoms with Crippen molar-refractivity contribution < 1.29 is 30.8 Å². The largest absolute Gasteiger partial charge is 0.417 e. The maximum atomic E-state index is 13.2. The van der Waals surface area contributed by atoms with E-state index in [0.29, 0.717) is 5.56 Å². The van der Waals surface area contributed by atoms with Crippen molar-refractivity contribution in [3.63, 3.8) is 0 Å². The van der Waals surface area contributed by atoms with Gasteiger partial charge in [-0.25, -0.2) is 12.8 Å². The second-order valence-corrected chi connectivity index (χ2v) is 8.78. The molecule has 3 rings (SSSR count). The normalized spacial score (nSPS) is 12.9. The number of carbonyl (C=O) groups excluding carboxylic acids is 1. The molecule has 3 aromatic carbocycles. The molecule has 1 amide bonds. The molecule has 1 N–H and O–H groups in total. The van der Waals surface area contributed by atoms with Gasteiger partial charge in [0, 0.05) is 6.54 Å². The van der Waals surface area contributed by atoms with Crippen LogP contribution in [0.15, 0.2) is 83.8 Å². The molecule has 0 radical (unpaired) electrons. The van der Waals surface area contributed by atoms with Gasteiger partial charge >= 0.3 is 6.18 Å². The minimum Gasteiger partial charge on any atom is -0.350 e. The Morgan fingerprint density at radius 3 is 2.06 bits per heavy atom. The van der Waals surface area contributed by atoms with Crippen LogP contribution in [0, 0.1) is 5.82 Å². The second kappa shape index (κ2) is 8.89. The van der Waals surface area contributed by atoms with Crippen LogP contribution in [-0.4, -0.2) is 20.9 Å². The first-order valence-corrected chi connectivity index (χ1v) is 10.6. The zero-order valence-corrected chi connectivity index (χ0v) is 16.8. The predicted molar refractivity (Wildman–Crippen MR) is 107 cm³/mol. The standard InChI is InChI=1S/C22H17F4NO3S/c23-16-10-12-17(13-11-16)31(29,30)20(15-6-2-1-3-7-15)14-27-21(28)18-8-4-5-9-19(18)22(24,25)26/h1-13,20H,14H2,(H,27,28). The minimum absolute atomic E-state index is 0.173. The van der Waals surface area contributed by atoms with Crippen molar-refractivity contribution in [2.45, 2.75) is 16.3 Å². The Morgan fingerprint density at radius 2 is 1.45 bits per heavy atom. The number of alkyl halides is 3. The topological polar surface area (TPSA) is 63.2 Å². The zero-order chi connectivity index (χ0) is 22.6. The summed E-state index contributed by atoms with van der Waals surface area (Å²) in [5.41, 5.74) is -1.40. The highest BCUT2D eigenvalue weighted by molar-refractivity contribution is 7.91. The summed E-state index contributed by atoms with van der Waals surface area (Å²) in [5, 5.41) is 1.01. The zero-order valence-electron chi connectivity index (χ0n) is 15.9. The SMILES string of the molecule is O=C(NCC(c1ccccc1)S(=O)(=O)c1ccc(F)cc1)c1ccccc1C(F)(F)F. The van der Waals surface area contributed by atoms with Crippen LogP contribution in [-0.2, 0) is 16.0 Å². The van der Waals surface area contributed by atoms with Crippen molar-refractivity contribution in [3.05, 3.63) is 101 Å². The third-order valence-electron chi connectivity index (χ3n) is 4.61. The van der Waals surface area contributed by atoms with E-state index >= 15 is 0 Å². The number of hydrogen-bond acceptors (Lipinski definition) is 3. The number of hydrogen-bond donors (Lipinski definition) is 1. The lowest BCUT2D eigenvalue weighted by molar-refractivity contribution is -0.137. The van der Waals surface area contributed by atoms with Crippen LogP contribution in [0.1, 0.15) is 26.7 Å². The van der Waals surface area contributed by atoms with Gasteiger partial charge in [0.25, 0.3) is 5.91 Å². The summed E-state index contributed by atoms with van der Waals surface area (Å²) >= 11 is 0. The summed E-state index contributed by atoms with van der Waals surface area (Å²) in [6.07, 6.45) is -4.74. The Balaban J connectivity index is 1.93. The van der Waals surface area contributed by atoms with Crippen molar-refractivity contribution in [2.24, 2.45) is 0 Å². The smallest absolute Gasteiger partial charge is 0.350 e. The average molecular weight is 451 g/mol. The Morgan fingerprint density at radius 1 is 0.871 bits per heavy atom. The lowest BCUT2D eigenvalue weighted by Gasteiger charge is -2.20. The van der Waals surface area contributed by atoms with Crippen LogP contribution in [0.5, 0.6) is 0 Å². The molecular formula is C22H17F4NO3S. The van der Waals surface area contributed by atoms with Gasteiger partial charge in [0.15, 0.2) is 9.84 Å². The van der Waals surface area contributed by atoms with Crippen molar-refractivity contribution in [1.82, 2.24) is 5.32 Å². The highest BCUT2D eigenvalue weighted by Gasteiger charge is 2.35. The van der Waals surface area contributed by atoms with Crippen LogP contribution >= 0.6 is 0 Å². The summed E-state index contributed by atoms with van der Waals surface area (Å²) in [7, 11) is -4.09. The monoisotopic (exact) mass is 451 g/mol. The number of carbonyl (C=O) groups is 1. The molecule has 4 nitrogen and oxygen atoms in total. The van der Waals surface area contributed by atoms with Crippen molar-refractivity contribution >= 4 is 15.7 Å². The van der Waals surface area contributed by atoms with E-state index in [1.807, 2.05) is 0 Å². The summed E-state index contributed by atoms with van der Waals surface area (Å²) in [6, 6.07) is 16.4. The molecule has 0 heterocycles. The van der Waals surface area contributed by atoms with E-state index in [1.165, 1.54) is 18.2 Å². The summed E-state index contributed by atoms with van der Waals surface area (Å²) in [5.74, 6) is -1.67. The van der Waals surface area contributed by atoms with Crippen molar-refractivity contribution in [2.75, 3.05) is 6.54 Å². The Labute approximate surface area is 176 Å². The lowest BCUT2D eigenvalue weighted by atomic mass is 10.1. The number of halogens is 4. The molecule has 0 saturated heterocycles. The minimum atomic E-state index is -4.74. The molecule has 1 atom stereocenters. The molecule has 0 aliphatic heterocycles. The van der Waals surface area contributed by atoms with Gasteiger partial charge in [-0.15, -0.1) is 0 Å². The van der Waals surface area contributed by atoms with E-state index in [1.54, 1.807) is 18.2 Å². The van der Waals surface area contributed by atoms with Gasteiger partial charge in [0.05, 0.1) is 16.0 Å². The molecule has 0 saturated carbocycles. The summed E-state index contributed by atoms with van der Waals surface area (Å²) in [4.78, 5) is 12.3. The quantitative estimate of drug-likeness (QED) is 0.433. The number of sulfone groups is 1. The van der Waals surface area contributed by atoms with Crippen molar-refractivity contribution in [3.8, 4) is 0 Å². The van der Waals surface area contributed by atoms with Crippen LogP contribution in [0.25, 0.3) is 0 Å². The fourth-order valence-corrected chi connectivity index (χ4v) is 4.73. The van der Waals surface area contributed by atoms with Crippen LogP contribution in [0.3, 0.4) is 0 Å². The van der Waals surface area contributed by atoms with E-state index in [2.05, 4.69) is 5.32 Å². The number of rotatable bonds is 6. The predicted octanol–water partition coefficient (Wildman–Crippen LogP) is 4.79. The van der Waals surface area contributed by atoms with Gasteiger partial charge < -0.3 is 5.32 Å². The molecular weight excluding hydrogens is 434 g/mol. The Hall–Kier alpha value is -3.20. The lowest BCUT2D eigenvalue weighted by Crippen LogP contribution is -2.33. The van der Waals surface area contributed by atoms with E-state index in [4.69, 9.17) is 0 Å². The second-order valence-electron chi connectivity index (χ2n) is 6.65. The maximum absolute atomic E-state index is 13.2. The Kier molecular flexibility index (Phi) is 6.45. The van der Waals surface area contributed by atoms with Crippen LogP contribution < -0.4 is 5.32 Å². The number of benzene rings is 3. The highest BCUT2D eigenvalue weighted by atomic mass is 32.2. The van der Waals surface area contributed by atoms with Crippen molar-refractivity contribution in [1.29, 1.82) is 0 Å². The first-order chi connectivity index (χ1) is 14.6. The maximum Gasteiger partial charge on any atom is 0.417 e. The van der Waals surface area contributed by atoms with Crippen LogP contribution in [0.4, 0.5) is 17.6 Å². The fraction of sp³-hybridized carbons (Fsp3) is 0.136. The Bertz CT molecular complexity index is 1160. The molecule has 0 fully saturated rings. The molecule has 3 aromatic rings. The molecule has 9 heteroatoms. The van der Waals surface area contributed by atoms with Gasteiger partial charge in [-0.1, -0.05) is 42.5 Å². The molecule has 162 valence electrons. The molecule has 31 heavy (non-hydrogen) atoms. The highest BCUT2D eigenvalue weighted by Crippen LogP contribution is 2.32. The van der Waals surface area contributed by atoms with Gasteiger partial charge in [-0.2, -0.15) is 13.2 Å². The molecule has 0 aliphatic carbocycles. The third kappa shape index (κ3) is 5.11. The summed E-state index contributed by atoms with van der Waals surface area (Å²) in [6.45, 7) is -0.477. The summed E-state index contributed by atoms with van der Waals surface area (Å²) < 4.78 is 79.2. The number of nitrogens with one attached hydrogen (secondary N) is 1.